The Morgan fingerprint density at radius 1 is 1.35 bits per heavy atom. The van der Waals surface area contributed by atoms with E-state index in [4.69, 9.17) is 14.3 Å². The Bertz CT molecular complexity index is 627. The number of carboxylic acid groups (broad SMARTS) is 1. The van der Waals surface area contributed by atoms with Crippen LogP contribution in [-0.2, 0) is 0 Å². The molecule has 0 spiro atoms. The maximum atomic E-state index is 11.6. The number of fused-ring (bicyclic) bond motifs is 1. The van der Waals surface area contributed by atoms with Crippen LogP contribution in [0.4, 0.5) is 4.79 Å². The van der Waals surface area contributed by atoms with Crippen molar-refractivity contribution in [1.29, 1.82) is 0 Å². The summed E-state index contributed by atoms with van der Waals surface area (Å²) in [5.41, 5.74) is -0.182. The second-order valence-electron chi connectivity index (χ2n) is 3.16. The summed E-state index contributed by atoms with van der Waals surface area (Å²) in [6.07, 6.45) is -1.55. The molecule has 6 heteroatoms. The van der Waals surface area contributed by atoms with Crippen LogP contribution < -0.4 is 14.9 Å². The van der Waals surface area contributed by atoms with Crippen LogP contribution in [0, 0.1) is 0 Å². The van der Waals surface area contributed by atoms with Crippen molar-refractivity contribution >= 4 is 17.1 Å². The molecule has 2 rings (SSSR count). The average molecular weight is 236 g/mol. The van der Waals surface area contributed by atoms with Gasteiger partial charge < -0.3 is 19.0 Å². The summed E-state index contributed by atoms with van der Waals surface area (Å²) in [7, 11) is 1.47. The Morgan fingerprint density at radius 3 is 2.76 bits per heavy atom. The first kappa shape index (κ1) is 11.0. The number of ether oxygens (including phenoxy) is 2. The van der Waals surface area contributed by atoms with Crippen molar-refractivity contribution in [3.63, 3.8) is 0 Å². The molecule has 0 aliphatic carbocycles. The molecule has 0 fully saturated rings. The Labute approximate surface area is 95.0 Å². The van der Waals surface area contributed by atoms with E-state index >= 15 is 0 Å². The normalized spacial score (nSPS) is 10.2. The molecule has 6 nitrogen and oxygen atoms in total. The Kier molecular flexibility index (Phi) is 2.70. The highest BCUT2D eigenvalue weighted by Gasteiger charge is 2.09. The van der Waals surface area contributed by atoms with E-state index in [9.17, 15) is 9.59 Å². The fraction of sp³-hybridized carbons (Fsp3) is 0.0909. The number of methoxy groups -OCH3 is 1. The van der Waals surface area contributed by atoms with E-state index in [2.05, 4.69) is 4.74 Å². The molecule has 0 bridgehead atoms. The second-order valence-corrected chi connectivity index (χ2v) is 3.16. The van der Waals surface area contributed by atoms with Gasteiger partial charge in [-0.1, -0.05) is 0 Å². The first-order valence-corrected chi connectivity index (χ1v) is 4.63. The van der Waals surface area contributed by atoms with Crippen molar-refractivity contribution in [2.75, 3.05) is 7.11 Å². The maximum absolute atomic E-state index is 11.6. The molecule has 0 aliphatic heterocycles. The van der Waals surface area contributed by atoms with E-state index in [1.165, 1.54) is 19.2 Å². The molecule has 1 N–H and O–H groups in total. The largest absolute Gasteiger partial charge is 0.513 e. The predicted octanol–water partition coefficient (Wildman–Crippen LogP) is 1.86. The van der Waals surface area contributed by atoms with Crippen LogP contribution >= 0.6 is 0 Å². The molecule has 17 heavy (non-hydrogen) atoms. The molecule has 1 aromatic carbocycles. The van der Waals surface area contributed by atoms with E-state index < -0.39 is 6.16 Å². The highest BCUT2D eigenvalue weighted by Crippen LogP contribution is 2.22. The topological polar surface area (TPSA) is 86.0 Å². The van der Waals surface area contributed by atoms with Crippen molar-refractivity contribution in [3.05, 3.63) is 34.5 Å². The molecule has 1 heterocycles. The van der Waals surface area contributed by atoms with Crippen LogP contribution in [0.25, 0.3) is 11.0 Å². The van der Waals surface area contributed by atoms with Gasteiger partial charge in [-0.15, -0.1) is 0 Å². The van der Waals surface area contributed by atoms with Crippen molar-refractivity contribution in [2.45, 2.75) is 0 Å². The summed E-state index contributed by atoms with van der Waals surface area (Å²) < 4.78 is 14.4. The van der Waals surface area contributed by atoms with Crippen LogP contribution in [0.15, 0.2) is 33.5 Å². The van der Waals surface area contributed by atoms with Gasteiger partial charge in [0.1, 0.15) is 11.3 Å². The van der Waals surface area contributed by atoms with Crippen molar-refractivity contribution in [2.24, 2.45) is 0 Å². The zero-order valence-electron chi connectivity index (χ0n) is 8.80. The molecule has 0 aliphatic rings. The third-order valence-electron chi connectivity index (χ3n) is 2.10. The minimum atomic E-state index is -1.55. The standard InChI is InChI=1S/C11H8O6/c1-15-6-2-3-7-8(12)5-10(17-11(13)14)16-9(7)4-6/h2-5H,1H3,(H,13,14). The van der Waals surface area contributed by atoms with E-state index in [0.29, 0.717) is 11.1 Å². The molecular formula is C11H8O6. The van der Waals surface area contributed by atoms with Crippen LogP contribution in [0.3, 0.4) is 0 Å². The minimum absolute atomic E-state index is 0.202. The minimum Gasteiger partial charge on any atom is -0.497 e. The molecule has 0 unspecified atom stereocenters. The lowest BCUT2D eigenvalue weighted by Gasteiger charge is -2.03. The van der Waals surface area contributed by atoms with E-state index in [1.807, 2.05) is 0 Å². The van der Waals surface area contributed by atoms with E-state index in [1.54, 1.807) is 6.07 Å². The first-order valence-electron chi connectivity index (χ1n) is 4.63. The highest BCUT2D eigenvalue weighted by molar-refractivity contribution is 5.78. The first-order chi connectivity index (χ1) is 8.10. The maximum Gasteiger partial charge on any atom is 0.513 e. The quantitative estimate of drug-likeness (QED) is 0.801. The Hall–Kier alpha value is -2.50. The van der Waals surface area contributed by atoms with Crippen molar-refractivity contribution < 1.29 is 23.8 Å². The second kappa shape index (κ2) is 4.17. The van der Waals surface area contributed by atoms with Gasteiger partial charge in [-0.05, 0) is 12.1 Å². The summed E-state index contributed by atoms with van der Waals surface area (Å²) in [4.78, 5) is 21.9. The van der Waals surface area contributed by atoms with Crippen LogP contribution in [0.2, 0.25) is 0 Å². The SMILES string of the molecule is COc1ccc2c(=O)cc(OC(=O)O)oc2c1. The zero-order chi connectivity index (χ0) is 12.4. The monoisotopic (exact) mass is 236 g/mol. The average Bonchev–Trinajstić information content (AvgIpc) is 2.27. The highest BCUT2D eigenvalue weighted by atomic mass is 16.7. The molecule has 88 valence electrons. The molecule has 1 aromatic heterocycles. The fourth-order valence-corrected chi connectivity index (χ4v) is 1.38. The van der Waals surface area contributed by atoms with Crippen molar-refractivity contribution in [1.82, 2.24) is 0 Å². The lowest BCUT2D eigenvalue weighted by Crippen LogP contribution is -2.07. The molecule has 0 saturated heterocycles. The van der Waals surface area contributed by atoms with Crippen molar-refractivity contribution in [3.8, 4) is 11.7 Å². The summed E-state index contributed by atoms with van der Waals surface area (Å²) in [6, 6.07) is 5.59. The molecule has 0 amide bonds. The third-order valence-corrected chi connectivity index (χ3v) is 2.10. The summed E-state index contributed by atoms with van der Waals surface area (Å²) in [5, 5.41) is 8.74. The lowest BCUT2D eigenvalue weighted by molar-refractivity contribution is 0.133. The summed E-state index contributed by atoms with van der Waals surface area (Å²) in [6.45, 7) is 0. The molecule has 2 aromatic rings. The Morgan fingerprint density at radius 2 is 2.12 bits per heavy atom. The van der Waals surface area contributed by atoms with Gasteiger partial charge in [0.2, 0.25) is 0 Å². The number of benzene rings is 1. The third kappa shape index (κ3) is 2.20. The molecular weight excluding hydrogens is 228 g/mol. The fourth-order valence-electron chi connectivity index (χ4n) is 1.38. The van der Waals surface area contributed by atoms with Gasteiger partial charge in [0, 0.05) is 6.07 Å². The number of hydrogen-bond acceptors (Lipinski definition) is 5. The van der Waals surface area contributed by atoms with Crippen LogP contribution in [-0.4, -0.2) is 18.4 Å². The smallest absolute Gasteiger partial charge is 0.497 e. The predicted molar refractivity (Wildman–Crippen MR) is 57.7 cm³/mol. The Balaban J connectivity index is 2.61. The van der Waals surface area contributed by atoms with Gasteiger partial charge in [-0.2, -0.15) is 0 Å². The summed E-state index contributed by atoms with van der Waals surface area (Å²) in [5.74, 6) is 0.122. The lowest BCUT2D eigenvalue weighted by atomic mass is 10.2. The van der Waals surface area contributed by atoms with Crippen LogP contribution in [0.1, 0.15) is 0 Å². The number of hydrogen-bond donors (Lipinski definition) is 1. The van der Waals surface area contributed by atoms with E-state index in [-0.39, 0.29) is 17.0 Å². The molecule has 0 radical (unpaired) electrons. The zero-order valence-corrected chi connectivity index (χ0v) is 8.80. The van der Waals surface area contributed by atoms with Gasteiger partial charge in [0.05, 0.1) is 18.6 Å². The van der Waals surface area contributed by atoms with Gasteiger partial charge in [0.15, 0.2) is 5.43 Å². The van der Waals surface area contributed by atoms with Crippen LogP contribution in [0.5, 0.6) is 11.7 Å². The number of carbonyl (C=O) groups is 1. The number of rotatable bonds is 2. The van der Waals surface area contributed by atoms with Gasteiger partial charge in [-0.3, -0.25) is 4.79 Å². The van der Waals surface area contributed by atoms with E-state index in [0.717, 1.165) is 6.07 Å². The molecule has 0 atom stereocenters. The van der Waals surface area contributed by atoms with Gasteiger partial charge in [0.25, 0.3) is 5.95 Å². The summed E-state index contributed by atoms with van der Waals surface area (Å²) >= 11 is 0. The van der Waals surface area contributed by atoms with Gasteiger partial charge >= 0.3 is 6.16 Å². The molecule has 0 saturated carbocycles. The van der Waals surface area contributed by atoms with Gasteiger partial charge in [-0.25, -0.2) is 4.79 Å².